The Kier molecular flexibility index (Phi) is 3.53. The Morgan fingerprint density at radius 1 is 1.64 bits per heavy atom. The Hall–Kier alpha value is -0.570. The highest BCUT2D eigenvalue weighted by Gasteiger charge is 2.43. The molecule has 0 bridgehead atoms. The van der Waals surface area contributed by atoms with Gasteiger partial charge in [0.05, 0.1) is 5.54 Å². The summed E-state index contributed by atoms with van der Waals surface area (Å²) >= 11 is 0. The quantitative estimate of drug-likeness (QED) is 0.699. The van der Waals surface area contributed by atoms with Gasteiger partial charge in [0, 0.05) is 6.54 Å². The third-order valence-electron chi connectivity index (χ3n) is 3.22. The van der Waals surface area contributed by atoms with E-state index in [9.17, 15) is 4.79 Å². The van der Waals surface area contributed by atoms with Crippen LogP contribution in [-0.4, -0.2) is 18.0 Å². The average molecular weight is 198 g/mol. The van der Waals surface area contributed by atoms with Gasteiger partial charge < -0.3 is 11.1 Å². The monoisotopic (exact) mass is 198 g/mol. The van der Waals surface area contributed by atoms with Crippen LogP contribution in [0, 0.1) is 11.8 Å². The van der Waals surface area contributed by atoms with Crippen molar-refractivity contribution in [3.63, 3.8) is 0 Å². The first-order valence-electron chi connectivity index (χ1n) is 5.55. The van der Waals surface area contributed by atoms with Crippen LogP contribution in [-0.2, 0) is 4.79 Å². The molecule has 1 saturated carbocycles. The number of nitrogens with one attached hydrogen (secondary N) is 1. The molecule has 3 nitrogen and oxygen atoms in total. The third-order valence-corrected chi connectivity index (χ3v) is 3.22. The second-order valence-corrected chi connectivity index (χ2v) is 4.78. The standard InChI is InChI=1S/C11H22N2O/c1-4-8(2)7-13-10(14)11(3,12)9-5-6-9/h8-9H,4-7,12H2,1-3H3,(H,13,14). The molecule has 1 aliphatic carbocycles. The number of hydrogen-bond acceptors (Lipinski definition) is 2. The predicted molar refractivity (Wildman–Crippen MR) is 57.8 cm³/mol. The molecular weight excluding hydrogens is 176 g/mol. The SMILES string of the molecule is CCC(C)CNC(=O)C(C)(N)C1CC1. The smallest absolute Gasteiger partial charge is 0.240 e. The molecule has 2 atom stereocenters. The van der Waals surface area contributed by atoms with E-state index in [2.05, 4.69) is 19.2 Å². The first-order chi connectivity index (χ1) is 6.48. The number of carbonyl (C=O) groups excluding carboxylic acids is 1. The van der Waals surface area contributed by atoms with E-state index in [0.29, 0.717) is 11.8 Å². The maximum absolute atomic E-state index is 11.7. The molecule has 3 heteroatoms. The summed E-state index contributed by atoms with van der Waals surface area (Å²) in [4.78, 5) is 11.7. The van der Waals surface area contributed by atoms with Gasteiger partial charge in [-0.05, 0) is 31.6 Å². The van der Waals surface area contributed by atoms with Crippen LogP contribution >= 0.6 is 0 Å². The van der Waals surface area contributed by atoms with Gasteiger partial charge in [0.25, 0.3) is 0 Å². The molecule has 0 saturated heterocycles. The van der Waals surface area contributed by atoms with Gasteiger partial charge >= 0.3 is 0 Å². The van der Waals surface area contributed by atoms with E-state index in [1.807, 2.05) is 6.92 Å². The van der Waals surface area contributed by atoms with E-state index in [1.165, 1.54) is 0 Å². The summed E-state index contributed by atoms with van der Waals surface area (Å²) in [5.74, 6) is 0.952. The fourth-order valence-corrected chi connectivity index (χ4v) is 1.47. The molecule has 82 valence electrons. The zero-order chi connectivity index (χ0) is 10.8. The minimum Gasteiger partial charge on any atom is -0.354 e. The number of carbonyl (C=O) groups is 1. The van der Waals surface area contributed by atoms with Crippen LogP contribution < -0.4 is 11.1 Å². The fourth-order valence-electron chi connectivity index (χ4n) is 1.47. The third kappa shape index (κ3) is 2.71. The fraction of sp³-hybridized carbons (Fsp3) is 0.909. The molecule has 2 unspecified atom stereocenters. The molecule has 0 heterocycles. The number of hydrogen-bond donors (Lipinski definition) is 2. The molecule has 0 aromatic rings. The maximum atomic E-state index is 11.7. The van der Waals surface area contributed by atoms with Gasteiger partial charge in [0.1, 0.15) is 0 Å². The molecule has 0 aromatic carbocycles. The summed E-state index contributed by atoms with van der Waals surface area (Å²) < 4.78 is 0. The van der Waals surface area contributed by atoms with Crippen LogP contribution in [0.4, 0.5) is 0 Å². The van der Waals surface area contributed by atoms with Gasteiger partial charge in [-0.1, -0.05) is 20.3 Å². The minimum absolute atomic E-state index is 0.0142. The van der Waals surface area contributed by atoms with Gasteiger partial charge in [0.2, 0.25) is 5.91 Å². The Morgan fingerprint density at radius 2 is 2.21 bits per heavy atom. The van der Waals surface area contributed by atoms with Crippen molar-refractivity contribution in [3.8, 4) is 0 Å². The van der Waals surface area contributed by atoms with Crippen molar-refractivity contribution < 1.29 is 4.79 Å². The van der Waals surface area contributed by atoms with E-state index in [4.69, 9.17) is 5.73 Å². The number of nitrogens with two attached hydrogens (primary N) is 1. The Balaban J connectivity index is 2.33. The van der Waals surface area contributed by atoms with E-state index in [-0.39, 0.29) is 5.91 Å². The van der Waals surface area contributed by atoms with Crippen molar-refractivity contribution in [2.24, 2.45) is 17.6 Å². The Bertz CT molecular complexity index is 209. The van der Waals surface area contributed by atoms with Crippen molar-refractivity contribution in [1.82, 2.24) is 5.32 Å². The molecule has 3 N–H and O–H groups in total. The number of amides is 1. The molecule has 0 radical (unpaired) electrons. The topological polar surface area (TPSA) is 55.1 Å². The molecule has 1 amide bonds. The highest BCUT2D eigenvalue weighted by molar-refractivity contribution is 5.86. The van der Waals surface area contributed by atoms with Crippen molar-refractivity contribution in [3.05, 3.63) is 0 Å². The van der Waals surface area contributed by atoms with Crippen molar-refractivity contribution in [2.75, 3.05) is 6.54 Å². The van der Waals surface area contributed by atoms with E-state index < -0.39 is 5.54 Å². The lowest BCUT2D eigenvalue weighted by atomic mass is 9.96. The summed E-state index contributed by atoms with van der Waals surface area (Å²) in [6, 6.07) is 0. The van der Waals surface area contributed by atoms with Gasteiger partial charge in [-0.2, -0.15) is 0 Å². The Labute approximate surface area is 86.4 Å². The highest BCUT2D eigenvalue weighted by Crippen LogP contribution is 2.38. The van der Waals surface area contributed by atoms with Crippen molar-refractivity contribution in [2.45, 2.75) is 45.6 Å². The molecule has 0 aliphatic heterocycles. The highest BCUT2D eigenvalue weighted by atomic mass is 16.2. The zero-order valence-corrected chi connectivity index (χ0v) is 9.47. The molecule has 0 spiro atoms. The molecule has 0 aromatic heterocycles. The maximum Gasteiger partial charge on any atom is 0.240 e. The summed E-state index contributed by atoms with van der Waals surface area (Å²) in [7, 11) is 0. The average Bonchev–Trinajstić information content (AvgIpc) is 2.96. The largest absolute Gasteiger partial charge is 0.354 e. The molecule has 1 fully saturated rings. The number of rotatable bonds is 5. The van der Waals surface area contributed by atoms with Gasteiger partial charge in [-0.3, -0.25) is 4.79 Å². The van der Waals surface area contributed by atoms with E-state index in [1.54, 1.807) is 0 Å². The first kappa shape index (κ1) is 11.5. The van der Waals surface area contributed by atoms with Crippen molar-refractivity contribution >= 4 is 5.91 Å². The van der Waals surface area contributed by atoms with Crippen LogP contribution in [0.5, 0.6) is 0 Å². The van der Waals surface area contributed by atoms with Gasteiger partial charge in [-0.15, -0.1) is 0 Å². The van der Waals surface area contributed by atoms with Crippen LogP contribution in [0.25, 0.3) is 0 Å². The van der Waals surface area contributed by atoms with Gasteiger partial charge in [0.15, 0.2) is 0 Å². The lowest BCUT2D eigenvalue weighted by Gasteiger charge is -2.24. The van der Waals surface area contributed by atoms with Crippen LogP contribution in [0.1, 0.15) is 40.0 Å². The molecule has 1 aliphatic rings. The molecular formula is C11H22N2O. The summed E-state index contributed by atoms with van der Waals surface area (Å²) in [5, 5.41) is 2.93. The van der Waals surface area contributed by atoms with E-state index >= 15 is 0 Å². The molecule has 14 heavy (non-hydrogen) atoms. The van der Waals surface area contributed by atoms with Crippen LogP contribution in [0.3, 0.4) is 0 Å². The lowest BCUT2D eigenvalue weighted by Crippen LogP contribution is -2.54. The summed E-state index contributed by atoms with van der Waals surface area (Å²) in [5.41, 5.74) is 5.34. The normalized spacial score (nSPS) is 22.6. The summed E-state index contributed by atoms with van der Waals surface area (Å²) in [6.45, 7) is 6.84. The summed E-state index contributed by atoms with van der Waals surface area (Å²) in [6.07, 6.45) is 3.29. The Morgan fingerprint density at radius 3 is 2.64 bits per heavy atom. The molecule has 1 rings (SSSR count). The zero-order valence-electron chi connectivity index (χ0n) is 9.47. The van der Waals surface area contributed by atoms with Crippen LogP contribution in [0.2, 0.25) is 0 Å². The van der Waals surface area contributed by atoms with Crippen LogP contribution in [0.15, 0.2) is 0 Å². The van der Waals surface area contributed by atoms with Gasteiger partial charge in [-0.25, -0.2) is 0 Å². The first-order valence-corrected chi connectivity index (χ1v) is 5.55. The van der Waals surface area contributed by atoms with E-state index in [0.717, 1.165) is 25.8 Å². The van der Waals surface area contributed by atoms with Crippen molar-refractivity contribution in [1.29, 1.82) is 0 Å². The second-order valence-electron chi connectivity index (χ2n) is 4.78. The minimum atomic E-state index is -0.645. The second kappa shape index (κ2) is 4.30. The predicted octanol–water partition coefficient (Wildman–Crippen LogP) is 1.28. The lowest BCUT2D eigenvalue weighted by molar-refractivity contribution is -0.126.